The van der Waals surface area contributed by atoms with Crippen molar-refractivity contribution in [1.82, 2.24) is 30.0 Å². The summed E-state index contributed by atoms with van der Waals surface area (Å²) in [6.45, 7) is 4.80. The van der Waals surface area contributed by atoms with Crippen molar-refractivity contribution in [2.45, 2.75) is 38.0 Å². The fourth-order valence-electron chi connectivity index (χ4n) is 4.07. The summed E-state index contributed by atoms with van der Waals surface area (Å²) in [5.74, 6) is 0.120. The Morgan fingerprint density at radius 1 is 1.15 bits per heavy atom. The Balaban J connectivity index is 1.51. The van der Waals surface area contributed by atoms with Crippen LogP contribution in [0.15, 0.2) is 36.7 Å². The Labute approximate surface area is 159 Å². The lowest BCUT2D eigenvalue weighted by atomic mass is 9.97. The van der Waals surface area contributed by atoms with E-state index in [-0.39, 0.29) is 18.1 Å². The van der Waals surface area contributed by atoms with E-state index in [1.165, 1.54) is 19.2 Å². The van der Waals surface area contributed by atoms with Crippen molar-refractivity contribution in [2.75, 3.05) is 32.8 Å². The number of ether oxygens (including phenoxy) is 1. The normalized spacial score (nSPS) is 23.6. The minimum absolute atomic E-state index is 0.00348. The number of rotatable bonds is 6. The number of morpholine rings is 1. The highest BCUT2D eigenvalue weighted by atomic mass is 16.5. The first-order valence-corrected chi connectivity index (χ1v) is 9.70. The van der Waals surface area contributed by atoms with Crippen LogP contribution in [0.4, 0.5) is 0 Å². The Morgan fingerprint density at radius 3 is 2.70 bits per heavy atom. The number of likely N-dealkylation sites (tertiary alicyclic amines) is 1. The molecule has 27 heavy (non-hydrogen) atoms. The summed E-state index contributed by atoms with van der Waals surface area (Å²) in [6, 6.07) is 10.2. The lowest BCUT2D eigenvalue weighted by molar-refractivity contribution is -0.148. The van der Waals surface area contributed by atoms with Crippen LogP contribution >= 0.6 is 0 Å². The molecule has 8 heteroatoms. The summed E-state index contributed by atoms with van der Waals surface area (Å²) in [4.78, 5) is 17.5. The van der Waals surface area contributed by atoms with Crippen LogP contribution in [0.1, 0.15) is 30.9 Å². The van der Waals surface area contributed by atoms with E-state index in [1.54, 1.807) is 4.68 Å². The van der Waals surface area contributed by atoms with E-state index < -0.39 is 0 Å². The number of aryl methyl sites for hydroxylation is 1. The molecule has 0 radical (unpaired) electrons. The van der Waals surface area contributed by atoms with Crippen molar-refractivity contribution >= 4 is 5.91 Å². The second-order valence-electron chi connectivity index (χ2n) is 7.18. The summed E-state index contributed by atoms with van der Waals surface area (Å²) < 4.78 is 7.76. The van der Waals surface area contributed by atoms with E-state index in [4.69, 9.17) is 4.74 Å². The maximum absolute atomic E-state index is 13.0. The largest absolute Gasteiger partial charge is 0.373 e. The van der Waals surface area contributed by atoms with Crippen molar-refractivity contribution < 1.29 is 9.53 Å². The minimum atomic E-state index is -0.0538. The topological polar surface area (TPSA) is 76.4 Å². The number of carbonyl (C=O) groups excluding carboxylic acids is 1. The van der Waals surface area contributed by atoms with Gasteiger partial charge in [-0.15, -0.1) is 5.10 Å². The van der Waals surface area contributed by atoms with Crippen LogP contribution in [0.5, 0.6) is 0 Å². The molecular weight excluding hydrogens is 344 g/mol. The minimum Gasteiger partial charge on any atom is -0.373 e. The molecule has 2 fully saturated rings. The van der Waals surface area contributed by atoms with Crippen LogP contribution in [0.3, 0.4) is 0 Å². The molecule has 2 aliphatic heterocycles. The van der Waals surface area contributed by atoms with E-state index in [1.807, 2.05) is 23.1 Å². The number of carbonyl (C=O) groups is 1. The molecule has 2 saturated heterocycles. The van der Waals surface area contributed by atoms with Gasteiger partial charge in [0.1, 0.15) is 6.33 Å². The molecule has 0 N–H and O–H groups in total. The zero-order valence-electron chi connectivity index (χ0n) is 15.5. The zero-order valence-corrected chi connectivity index (χ0v) is 15.5. The molecule has 0 unspecified atom stereocenters. The first-order valence-electron chi connectivity index (χ1n) is 9.70. The van der Waals surface area contributed by atoms with Gasteiger partial charge < -0.3 is 14.5 Å². The average Bonchev–Trinajstić information content (AvgIpc) is 3.41. The fraction of sp³-hybridized carbons (Fsp3) is 0.579. The van der Waals surface area contributed by atoms with Crippen LogP contribution < -0.4 is 0 Å². The van der Waals surface area contributed by atoms with Crippen LogP contribution in [-0.2, 0) is 16.1 Å². The maximum Gasteiger partial charge on any atom is 0.225 e. The van der Waals surface area contributed by atoms with Crippen molar-refractivity contribution in [2.24, 2.45) is 0 Å². The highest BCUT2D eigenvalue weighted by Crippen LogP contribution is 2.31. The molecule has 8 nitrogen and oxygen atoms in total. The molecular formula is C19H26N6O2. The Morgan fingerprint density at radius 2 is 1.96 bits per heavy atom. The molecule has 1 amide bonds. The number of hydrogen-bond acceptors (Lipinski definition) is 6. The molecule has 4 rings (SSSR count). The number of tetrazole rings is 1. The van der Waals surface area contributed by atoms with Gasteiger partial charge in [-0.25, -0.2) is 4.68 Å². The quantitative estimate of drug-likeness (QED) is 0.759. The number of aromatic nitrogens is 4. The monoisotopic (exact) mass is 370 g/mol. The summed E-state index contributed by atoms with van der Waals surface area (Å²) >= 11 is 0. The molecule has 0 bridgehead atoms. The zero-order chi connectivity index (χ0) is 18.5. The molecule has 1 aromatic heterocycles. The van der Waals surface area contributed by atoms with Crippen LogP contribution in [-0.4, -0.2) is 74.8 Å². The number of nitrogens with zero attached hydrogens (tertiary/aromatic N) is 6. The maximum atomic E-state index is 13.0. The molecule has 2 aliphatic rings. The van der Waals surface area contributed by atoms with Crippen molar-refractivity contribution in [3.05, 3.63) is 42.2 Å². The Hall–Kier alpha value is -2.32. The highest BCUT2D eigenvalue weighted by Gasteiger charge is 2.37. The third kappa shape index (κ3) is 4.33. The van der Waals surface area contributed by atoms with Gasteiger partial charge in [0.15, 0.2) is 0 Å². The van der Waals surface area contributed by atoms with Crippen LogP contribution in [0.2, 0.25) is 0 Å². The van der Waals surface area contributed by atoms with Gasteiger partial charge in [-0.2, -0.15) is 0 Å². The SMILES string of the molecule is O=C(CCn1cnnn1)N1CCO[C@@H](CN2CCCC2)[C@@H]1c1ccccc1. The number of hydrogen-bond donors (Lipinski definition) is 0. The third-order valence-corrected chi connectivity index (χ3v) is 5.40. The van der Waals surface area contributed by atoms with Crippen LogP contribution in [0.25, 0.3) is 0 Å². The van der Waals surface area contributed by atoms with E-state index in [2.05, 4.69) is 32.6 Å². The number of amides is 1. The summed E-state index contributed by atoms with van der Waals surface area (Å²) in [6.07, 6.45) is 4.41. The Kier molecular flexibility index (Phi) is 5.74. The molecule has 144 valence electrons. The first kappa shape index (κ1) is 18.1. The number of benzene rings is 1. The summed E-state index contributed by atoms with van der Waals surface area (Å²) in [5.41, 5.74) is 1.14. The van der Waals surface area contributed by atoms with Crippen molar-refractivity contribution in [1.29, 1.82) is 0 Å². The van der Waals surface area contributed by atoms with Crippen molar-refractivity contribution in [3.8, 4) is 0 Å². The second-order valence-corrected chi connectivity index (χ2v) is 7.18. The molecule has 0 spiro atoms. The molecule has 0 saturated carbocycles. The Bertz CT molecular complexity index is 717. The van der Waals surface area contributed by atoms with Crippen LogP contribution in [0, 0.1) is 0 Å². The molecule has 2 atom stereocenters. The average molecular weight is 370 g/mol. The summed E-state index contributed by atoms with van der Waals surface area (Å²) in [7, 11) is 0. The van der Waals surface area contributed by atoms with Gasteiger partial charge in [-0.3, -0.25) is 4.79 Å². The predicted molar refractivity (Wildman–Crippen MR) is 98.7 cm³/mol. The summed E-state index contributed by atoms with van der Waals surface area (Å²) in [5, 5.41) is 11.1. The lowest BCUT2D eigenvalue weighted by Crippen LogP contribution is -2.51. The molecule has 1 aromatic carbocycles. The smallest absolute Gasteiger partial charge is 0.225 e. The standard InChI is InChI=1S/C19H26N6O2/c26-18(8-11-24-15-20-21-22-24)25-12-13-27-17(14-23-9-4-5-10-23)19(25)16-6-2-1-3-7-16/h1-3,6-7,15,17,19H,4-5,8-14H2/t17-,19-/m0/s1. The van der Waals surface area contributed by atoms with Gasteiger partial charge >= 0.3 is 0 Å². The first-order chi connectivity index (χ1) is 13.3. The van der Waals surface area contributed by atoms with E-state index in [9.17, 15) is 4.79 Å². The van der Waals surface area contributed by atoms with E-state index in [0.29, 0.717) is 26.1 Å². The van der Waals surface area contributed by atoms with Gasteiger partial charge in [0.2, 0.25) is 5.91 Å². The highest BCUT2D eigenvalue weighted by molar-refractivity contribution is 5.77. The fourth-order valence-corrected chi connectivity index (χ4v) is 4.07. The lowest BCUT2D eigenvalue weighted by Gasteiger charge is -2.43. The van der Waals surface area contributed by atoms with Gasteiger partial charge in [0.25, 0.3) is 0 Å². The van der Waals surface area contributed by atoms with E-state index >= 15 is 0 Å². The van der Waals surface area contributed by atoms with E-state index in [0.717, 1.165) is 25.2 Å². The van der Waals surface area contributed by atoms with Gasteiger partial charge in [-0.05, 0) is 41.9 Å². The van der Waals surface area contributed by atoms with Gasteiger partial charge in [0.05, 0.1) is 25.3 Å². The molecule has 2 aromatic rings. The molecule has 0 aliphatic carbocycles. The third-order valence-electron chi connectivity index (χ3n) is 5.40. The molecule has 3 heterocycles. The van der Waals surface area contributed by atoms with Gasteiger partial charge in [-0.1, -0.05) is 30.3 Å². The second kappa shape index (κ2) is 8.58. The van der Waals surface area contributed by atoms with Gasteiger partial charge in [0, 0.05) is 19.5 Å². The van der Waals surface area contributed by atoms with Crippen molar-refractivity contribution in [3.63, 3.8) is 0 Å². The predicted octanol–water partition coefficient (Wildman–Crippen LogP) is 1.13.